The molecule has 3 N–H and O–H groups in total. The first-order valence-corrected chi connectivity index (χ1v) is 12.4. The summed E-state index contributed by atoms with van der Waals surface area (Å²) in [5, 5.41) is 28.6. The molecule has 1 heterocycles. The topological polar surface area (TPSA) is 96.2 Å². The number of hydrogen-bond donors (Lipinski definition) is 3. The first-order chi connectivity index (χ1) is 14.6. The van der Waals surface area contributed by atoms with Crippen LogP contribution in [-0.4, -0.2) is 58.9 Å². The first kappa shape index (κ1) is 27.3. The Bertz CT molecular complexity index is 417. The smallest absolute Gasteiger partial charge is 0.306 e. The third-order valence-corrected chi connectivity index (χ3v) is 5.98. The fraction of sp³-hybridized carbons (Fsp3) is 0.958. The first-order valence-electron chi connectivity index (χ1n) is 12.4. The molecule has 1 saturated heterocycles. The standard InChI is InChI=1S/C24H46O6/c1-2-3-4-5-6-7-8-9-10-11-12-13-14-15-16-17-22(28)30-24-21(27)19-29-23(24)20(26)18-25/h20-21,23-27H,2-19H2,1H3/t20?,21-,23-,24+/m1/s1. The highest BCUT2D eigenvalue weighted by Gasteiger charge is 2.42. The Morgan fingerprint density at radius 3 is 1.83 bits per heavy atom. The summed E-state index contributed by atoms with van der Waals surface area (Å²) in [4.78, 5) is 12.0. The van der Waals surface area contributed by atoms with Gasteiger partial charge < -0.3 is 24.8 Å². The van der Waals surface area contributed by atoms with Crippen LogP contribution in [0.15, 0.2) is 0 Å². The minimum Gasteiger partial charge on any atom is -0.457 e. The highest BCUT2D eigenvalue weighted by molar-refractivity contribution is 5.69. The summed E-state index contributed by atoms with van der Waals surface area (Å²) in [7, 11) is 0. The number of carbonyl (C=O) groups excluding carboxylic acids is 1. The lowest BCUT2D eigenvalue weighted by atomic mass is 10.0. The maximum absolute atomic E-state index is 12.0. The van der Waals surface area contributed by atoms with Crippen molar-refractivity contribution in [3.8, 4) is 0 Å². The second kappa shape index (κ2) is 17.9. The maximum atomic E-state index is 12.0. The van der Waals surface area contributed by atoms with Gasteiger partial charge in [-0.15, -0.1) is 0 Å². The lowest BCUT2D eigenvalue weighted by Gasteiger charge is -2.23. The third-order valence-electron chi connectivity index (χ3n) is 5.98. The fourth-order valence-electron chi connectivity index (χ4n) is 4.05. The monoisotopic (exact) mass is 430 g/mol. The molecule has 4 atom stereocenters. The molecular formula is C24H46O6. The van der Waals surface area contributed by atoms with E-state index in [1.165, 1.54) is 77.0 Å². The lowest BCUT2D eigenvalue weighted by molar-refractivity contribution is -0.160. The molecule has 0 radical (unpaired) electrons. The van der Waals surface area contributed by atoms with Crippen molar-refractivity contribution in [2.75, 3.05) is 13.2 Å². The van der Waals surface area contributed by atoms with Crippen LogP contribution < -0.4 is 0 Å². The number of ether oxygens (including phenoxy) is 2. The van der Waals surface area contributed by atoms with Gasteiger partial charge in [0.25, 0.3) is 0 Å². The number of aliphatic hydroxyl groups excluding tert-OH is 3. The van der Waals surface area contributed by atoms with E-state index in [-0.39, 0.29) is 12.6 Å². The molecule has 0 aliphatic carbocycles. The molecule has 0 aromatic carbocycles. The molecule has 0 saturated carbocycles. The lowest BCUT2D eigenvalue weighted by Crippen LogP contribution is -2.43. The van der Waals surface area contributed by atoms with E-state index in [0.717, 1.165) is 19.3 Å². The molecule has 0 bridgehead atoms. The van der Waals surface area contributed by atoms with Crippen LogP contribution in [0.2, 0.25) is 0 Å². The average Bonchev–Trinajstić information content (AvgIpc) is 3.10. The number of esters is 1. The highest BCUT2D eigenvalue weighted by Crippen LogP contribution is 2.22. The van der Waals surface area contributed by atoms with Crippen LogP contribution in [0.1, 0.15) is 110 Å². The van der Waals surface area contributed by atoms with Crippen LogP contribution in [0.3, 0.4) is 0 Å². The zero-order chi connectivity index (χ0) is 22.0. The number of unbranched alkanes of at least 4 members (excludes halogenated alkanes) is 14. The molecule has 6 nitrogen and oxygen atoms in total. The minimum atomic E-state index is -1.16. The minimum absolute atomic E-state index is 0.00136. The van der Waals surface area contributed by atoms with Gasteiger partial charge in [-0.1, -0.05) is 96.8 Å². The maximum Gasteiger partial charge on any atom is 0.306 e. The zero-order valence-corrected chi connectivity index (χ0v) is 19.1. The van der Waals surface area contributed by atoms with Gasteiger partial charge in [0.1, 0.15) is 18.3 Å². The summed E-state index contributed by atoms with van der Waals surface area (Å²) < 4.78 is 10.5. The molecular weight excluding hydrogens is 384 g/mol. The van der Waals surface area contributed by atoms with E-state index in [0.29, 0.717) is 6.42 Å². The summed E-state index contributed by atoms with van der Waals surface area (Å²) in [5.41, 5.74) is 0. The van der Waals surface area contributed by atoms with Gasteiger partial charge in [-0.05, 0) is 6.42 Å². The Balaban J connectivity index is 1.91. The largest absolute Gasteiger partial charge is 0.457 e. The molecule has 1 aliphatic heterocycles. The van der Waals surface area contributed by atoms with Crippen LogP contribution >= 0.6 is 0 Å². The molecule has 178 valence electrons. The van der Waals surface area contributed by atoms with Gasteiger partial charge in [0.2, 0.25) is 0 Å². The van der Waals surface area contributed by atoms with Gasteiger partial charge in [-0.2, -0.15) is 0 Å². The Labute approximate surface area is 183 Å². The molecule has 6 heteroatoms. The molecule has 1 rings (SSSR count). The summed E-state index contributed by atoms with van der Waals surface area (Å²) >= 11 is 0. The second-order valence-corrected chi connectivity index (χ2v) is 8.77. The van der Waals surface area contributed by atoms with Crippen molar-refractivity contribution >= 4 is 5.97 Å². The Hall–Kier alpha value is -0.690. The van der Waals surface area contributed by atoms with E-state index in [9.17, 15) is 15.0 Å². The van der Waals surface area contributed by atoms with Crippen molar-refractivity contribution in [2.45, 2.75) is 134 Å². The summed E-state index contributed by atoms with van der Waals surface area (Å²) in [6.07, 6.45) is 15.5. The van der Waals surface area contributed by atoms with E-state index < -0.39 is 31.0 Å². The van der Waals surface area contributed by atoms with E-state index >= 15 is 0 Å². The number of rotatable bonds is 19. The molecule has 0 amide bonds. The third kappa shape index (κ3) is 12.2. The van der Waals surface area contributed by atoms with Crippen molar-refractivity contribution in [3.63, 3.8) is 0 Å². The average molecular weight is 431 g/mol. The van der Waals surface area contributed by atoms with Crippen LogP contribution in [0.4, 0.5) is 0 Å². The molecule has 1 unspecified atom stereocenters. The Kier molecular flexibility index (Phi) is 16.3. The quantitative estimate of drug-likeness (QED) is 0.209. The molecule has 0 aromatic heterocycles. The summed E-state index contributed by atoms with van der Waals surface area (Å²) in [6, 6.07) is 0. The van der Waals surface area contributed by atoms with Crippen molar-refractivity contribution < 1.29 is 29.6 Å². The van der Waals surface area contributed by atoms with Crippen molar-refractivity contribution in [1.82, 2.24) is 0 Å². The van der Waals surface area contributed by atoms with Gasteiger partial charge in [-0.3, -0.25) is 4.79 Å². The fourth-order valence-corrected chi connectivity index (χ4v) is 4.05. The van der Waals surface area contributed by atoms with E-state index in [1.807, 2.05) is 0 Å². The molecule has 30 heavy (non-hydrogen) atoms. The van der Waals surface area contributed by atoms with Crippen molar-refractivity contribution in [2.24, 2.45) is 0 Å². The van der Waals surface area contributed by atoms with Crippen LogP contribution in [0.25, 0.3) is 0 Å². The molecule has 1 fully saturated rings. The highest BCUT2D eigenvalue weighted by atomic mass is 16.6. The summed E-state index contributed by atoms with van der Waals surface area (Å²) in [6.45, 7) is 1.76. The molecule has 1 aliphatic rings. The van der Waals surface area contributed by atoms with Gasteiger partial charge >= 0.3 is 5.97 Å². The van der Waals surface area contributed by atoms with E-state index in [1.54, 1.807) is 0 Å². The predicted molar refractivity (Wildman–Crippen MR) is 118 cm³/mol. The summed E-state index contributed by atoms with van der Waals surface area (Å²) in [5.74, 6) is -0.380. The van der Waals surface area contributed by atoms with Crippen LogP contribution in [-0.2, 0) is 14.3 Å². The van der Waals surface area contributed by atoms with Crippen molar-refractivity contribution in [3.05, 3.63) is 0 Å². The Morgan fingerprint density at radius 1 is 0.900 bits per heavy atom. The van der Waals surface area contributed by atoms with Gasteiger partial charge in [-0.25, -0.2) is 0 Å². The number of hydrogen-bond acceptors (Lipinski definition) is 6. The second-order valence-electron chi connectivity index (χ2n) is 8.77. The predicted octanol–water partition coefficient (Wildman–Crippen LogP) is 4.27. The normalized spacial score (nSPS) is 22.3. The van der Waals surface area contributed by atoms with E-state index in [4.69, 9.17) is 14.6 Å². The zero-order valence-electron chi connectivity index (χ0n) is 19.1. The van der Waals surface area contributed by atoms with Gasteiger partial charge in [0, 0.05) is 6.42 Å². The van der Waals surface area contributed by atoms with Crippen molar-refractivity contribution in [1.29, 1.82) is 0 Å². The number of carbonyl (C=O) groups is 1. The van der Waals surface area contributed by atoms with Gasteiger partial charge in [0.05, 0.1) is 13.2 Å². The SMILES string of the molecule is CCCCCCCCCCCCCCCCCC(=O)O[C@H]1[C@H](O)CO[C@@H]1C(O)CO. The Morgan fingerprint density at radius 2 is 1.37 bits per heavy atom. The van der Waals surface area contributed by atoms with Gasteiger partial charge in [0.15, 0.2) is 6.10 Å². The van der Waals surface area contributed by atoms with E-state index in [2.05, 4.69) is 6.92 Å². The van der Waals surface area contributed by atoms with Crippen LogP contribution in [0, 0.1) is 0 Å². The number of aliphatic hydroxyl groups is 3. The molecule has 0 spiro atoms. The van der Waals surface area contributed by atoms with Crippen LogP contribution in [0.5, 0.6) is 0 Å². The molecule has 0 aromatic rings.